The molecule has 2 amide bonds. The maximum absolute atomic E-state index is 12.1. The summed E-state index contributed by atoms with van der Waals surface area (Å²) in [5, 5.41) is 2.95. The van der Waals surface area contributed by atoms with E-state index in [1.54, 1.807) is 0 Å². The average molecular weight is 311 g/mol. The van der Waals surface area contributed by atoms with Crippen LogP contribution in [0.5, 0.6) is 0 Å². The maximum atomic E-state index is 12.1. The van der Waals surface area contributed by atoms with Crippen LogP contribution in [-0.2, 0) is 0 Å². The van der Waals surface area contributed by atoms with Crippen LogP contribution >= 0.6 is 15.9 Å². The number of benzene rings is 1. The first-order valence-electron chi connectivity index (χ1n) is 6.36. The molecule has 4 heteroatoms. The van der Waals surface area contributed by atoms with Gasteiger partial charge in [-0.15, -0.1) is 0 Å². The summed E-state index contributed by atoms with van der Waals surface area (Å²) in [4.78, 5) is 14.1. The fraction of sp³-hybridized carbons (Fsp3) is 0.500. The van der Waals surface area contributed by atoms with Crippen LogP contribution in [0, 0.1) is 11.8 Å². The van der Waals surface area contributed by atoms with Crippen molar-refractivity contribution in [1.29, 1.82) is 0 Å². The highest BCUT2D eigenvalue weighted by Gasteiger charge is 2.25. The monoisotopic (exact) mass is 310 g/mol. The molecular formula is C14H19BrN2O. The van der Waals surface area contributed by atoms with E-state index in [9.17, 15) is 4.79 Å². The van der Waals surface area contributed by atoms with Crippen LogP contribution in [0.4, 0.5) is 10.5 Å². The standard InChI is InChI=1S/C14H19BrN2O/c1-10-7-11(2)9-17(8-10)14(18)16-13-5-3-12(15)4-6-13/h3-6,10-11H,7-9H2,1-2H3,(H,16,18)/t10-,11-/m0/s1. The molecule has 1 saturated heterocycles. The Morgan fingerprint density at radius 2 is 1.78 bits per heavy atom. The maximum Gasteiger partial charge on any atom is 0.321 e. The van der Waals surface area contributed by atoms with E-state index in [1.165, 1.54) is 6.42 Å². The predicted molar refractivity (Wildman–Crippen MR) is 77.7 cm³/mol. The predicted octanol–water partition coefficient (Wildman–Crippen LogP) is 3.96. The number of amides is 2. The molecule has 0 bridgehead atoms. The lowest BCUT2D eigenvalue weighted by molar-refractivity contribution is 0.156. The number of piperidine rings is 1. The number of halogens is 1. The first-order chi connectivity index (χ1) is 8.54. The SMILES string of the molecule is C[C@H]1C[C@H](C)CN(C(=O)Nc2ccc(Br)cc2)C1. The van der Waals surface area contributed by atoms with Crippen LogP contribution in [0.2, 0.25) is 0 Å². The highest BCUT2D eigenvalue weighted by atomic mass is 79.9. The number of nitrogens with one attached hydrogen (secondary N) is 1. The summed E-state index contributed by atoms with van der Waals surface area (Å²) < 4.78 is 1.01. The number of hydrogen-bond acceptors (Lipinski definition) is 1. The van der Waals surface area contributed by atoms with E-state index in [0.29, 0.717) is 11.8 Å². The molecule has 1 aliphatic heterocycles. The minimum Gasteiger partial charge on any atom is -0.324 e. The molecule has 0 aromatic heterocycles. The molecule has 2 atom stereocenters. The summed E-state index contributed by atoms with van der Waals surface area (Å²) in [5.74, 6) is 1.17. The van der Waals surface area contributed by atoms with E-state index in [4.69, 9.17) is 0 Å². The Hall–Kier alpha value is -1.03. The van der Waals surface area contributed by atoms with Crippen molar-refractivity contribution in [2.45, 2.75) is 20.3 Å². The lowest BCUT2D eigenvalue weighted by atomic mass is 9.92. The highest BCUT2D eigenvalue weighted by Crippen LogP contribution is 2.22. The van der Waals surface area contributed by atoms with Gasteiger partial charge in [-0.3, -0.25) is 0 Å². The summed E-state index contributed by atoms with van der Waals surface area (Å²) in [6.45, 7) is 6.12. The summed E-state index contributed by atoms with van der Waals surface area (Å²) in [7, 11) is 0. The quantitative estimate of drug-likeness (QED) is 0.836. The molecule has 1 aromatic carbocycles. The Bertz CT molecular complexity index is 408. The second-order valence-corrected chi connectivity index (χ2v) is 6.20. The zero-order chi connectivity index (χ0) is 13.1. The van der Waals surface area contributed by atoms with Crippen molar-refractivity contribution in [3.05, 3.63) is 28.7 Å². The highest BCUT2D eigenvalue weighted by molar-refractivity contribution is 9.10. The van der Waals surface area contributed by atoms with Crippen LogP contribution < -0.4 is 5.32 Å². The number of urea groups is 1. The minimum atomic E-state index is 0.00993. The van der Waals surface area contributed by atoms with Crippen LogP contribution in [0.25, 0.3) is 0 Å². The van der Waals surface area contributed by atoms with E-state index in [0.717, 1.165) is 23.2 Å². The van der Waals surface area contributed by atoms with Gasteiger partial charge in [0.05, 0.1) is 0 Å². The Morgan fingerprint density at radius 3 is 2.33 bits per heavy atom. The van der Waals surface area contributed by atoms with Crippen LogP contribution in [0.1, 0.15) is 20.3 Å². The third kappa shape index (κ3) is 3.48. The number of carbonyl (C=O) groups is 1. The zero-order valence-corrected chi connectivity index (χ0v) is 12.4. The van der Waals surface area contributed by atoms with Gasteiger partial charge in [0.2, 0.25) is 0 Å². The smallest absolute Gasteiger partial charge is 0.321 e. The van der Waals surface area contributed by atoms with E-state index >= 15 is 0 Å². The Labute approximate surface area is 117 Å². The molecule has 0 radical (unpaired) electrons. The van der Waals surface area contributed by atoms with Gasteiger partial charge in [-0.2, -0.15) is 0 Å². The van der Waals surface area contributed by atoms with Crippen LogP contribution in [0.3, 0.4) is 0 Å². The van der Waals surface area contributed by atoms with Crippen molar-refractivity contribution in [3.8, 4) is 0 Å². The van der Waals surface area contributed by atoms with Gasteiger partial charge >= 0.3 is 6.03 Å². The summed E-state index contributed by atoms with van der Waals surface area (Å²) in [5.41, 5.74) is 0.842. The summed E-state index contributed by atoms with van der Waals surface area (Å²) in [6, 6.07) is 7.67. The van der Waals surface area contributed by atoms with Crippen molar-refractivity contribution in [3.63, 3.8) is 0 Å². The van der Waals surface area contributed by atoms with Gasteiger partial charge in [0, 0.05) is 23.2 Å². The molecule has 1 heterocycles. The summed E-state index contributed by atoms with van der Waals surface area (Å²) >= 11 is 3.38. The third-order valence-corrected chi connectivity index (χ3v) is 3.78. The van der Waals surface area contributed by atoms with Gasteiger partial charge < -0.3 is 10.2 Å². The fourth-order valence-electron chi connectivity index (χ4n) is 2.56. The minimum absolute atomic E-state index is 0.00993. The van der Waals surface area contributed by atoms with Gasteiger partial charge in [-0.05, 0) is 42.5 Å². The number of carbonyl (C=O) groups excluding carboxylic acids is 1. The largest absolute Gasteiger partial charge is 0.324 e. The van der Waals surface area contributed by atoms with Crippen LogP contribution in [0.15, 0.2) is 28.7 Å². The Kier molecular flexibility index (Phi) is 4.27. The molecule has 0 saturated carbocycles. The summed E-state index contributed by atoms with van der Waals surface area (Å²) in [6.07, 6.45) is 1.21. The van der Waals surface area contributed by atoms with E-state index in [2.05, 4.69) is 35.1 Å². The number of anilines is 1. The van der Waals surface area contributed by atoms with E-state index < -0.39 is 0 Å². The molecule has 0 unspecified atom stereocenters. The van der Waals surface area contributed by atoms with Crippen molar-refractivity contribution >= 4 is 27.6 Å². The van der Waals surface area contributed by atoms with Crippen molar-refractivity contribution < 1.29 is 4.79 Å². The molecule has 0 spiro atoms. The molecule has 2 rings (SSSR count). The van der Waals surface area contributed by atoms with Gasteiger partial charge in [-0.25, -0.2) is 4.79 Å². The fourth-order valence-corrected chi connectivity index (χ4v) is 2.83. The Morgan fingerprint density at radius 1 is 1.22 bits per heavy atom. The first-order valence-corrected chi connectivity index (χ1v) is 7.15. The van der Waals surface area contributed by atoms with Crippen LogP contribution in [-0.4, -0.2) is 24.0 Å². The number of nitrogens with zero attached hydrogens (tertiary/aromatic N) is 1. The van der Waals surface area contributed by atoms with E-state index in [1.807, 2.05) is 29.2 Å². The molecule has 98 valence electrons. The number of likely N-dealkylation sites (tertiary alicyclic amines) is 1. The van der Waals surface area contributed by atoms with Crippen molar-refractivity contribution in [2.24, 2.45) is 11.8 Å². The molecule has 1 fully saturated rings. The second kappa shape index (κ2) is 5.74. The molecule has 18 heavy (non-hydrogen) atoms. The molecule has 1 aromatic rings. The normalized spacial score (nSPS) is 23.8. The molecule has 1 N–H and O–H groups in total. The third-order valence-electron chi connectivity index (χ3n) is 3.25. The first kappa shape index (κ1) is 13.4. The zero-order valence-electron chi connectivity index (χ0n) is 10.8. The molecular weight excluding hydrogens is 292 g/mol. The number of rotatable bonds is 1. The van der Waals surface area contributed by atoms with Crippen molar-refractivity contribution in [2.75, 3.05) is 18.4 Å². The second-order valence-electron chi connectivity index (χ2n) is 5.29. The van der Waals surface area contributed by atoms with Gasteiger partial charge in [0.15, 0.2) is 0 Å². The van der Waals surface area contributed by atoms with E-state index in [-0.39, 0.29) is 6.03 Å². The van der Waals surface area contributed by atoms with Gasteiger partial charge in [-0.1, -0.05) is 29.8 Å². The molecule has 3 nitrogen and oxygen atoms in total. The lowest BCUT2D eigenvalue weighted by Gasteiger charge is -2.34. The average Bonchev–Trinajstić information content (AvgIpc) is 2.31. The number of hydrogen-bond donors (Lipinski definition) is 1. The molecule has 1 aliphatic rings. The molecule has 0 aliphatic carbocycles. The topological polar surface area (TPSA) is 32.3 Å². The van der Waals surface area contributed by atoms with Gasteiger partial charge in [0.25, 0.3) is 0 Å². The van der Waals surface area contributed by atoms with Crippen molar-refractivity contribution in [1.82, 2.24) is 4.90 Å². The van der Waals surface area contributed by atoms with Gasteiger partial charge in [0.1, 0.15) is 0 Å². The lowest BCUT2D eigenvalue weighted by Crippen LogP contribution is -2.44. The Balaban J connectivity index is 1.97.